The average molecular weight is 361 g/mol. The van der Waals surface area contributed by atoms with Crippen LogP contribution in [0.1, 0.15) is 67.8 Å². The molecule has 0 aliphatic heterocycles. The first kappa shape index (κ1) is 18.5. The van der Waals surface area contributed by atoms with Gasteiger partial charge in [0, 0.05) is 19.5 Å². The second kappa shape index (κ2) is 7.94. The Bertz CT molecular complexity index is 731. The van der Waals surface area contributed by atoms with Crippen molar-refractivity contribution >= 4 is 5.91 Å². The lowest BCUT2D eigenvalue weighted by Crippen LogP contribution is -2.28. The van der Waals surface area contributed by atoms with Crippen LogP contribution in [0, 0.1) is 5.92 Å². The summed E-state index contributed by atoms with van der Waals surface area (Å²) >= 11 is 0. The van der Waals surface area contributed by atoms with Gasteiger partial charge in [-0.2, -0.15) is 4.98 Å². The van der Waals surface area contributed by atoms with E-state index in [-0.39, 0.29) is 24.5 Å². The van der Waals surface area contributed by atoms with Crippen molar-refractivity contribution in [1.82, 2.24) is 30.0 Å². The highest BCUT2D eigenvalue weighted by molar-refractivity contribution is 5.91. The quantitative estimate of drug-likeness (QED) is 0.830. The van der Waals surface area contributed by atoms with Crippen molar-refractivity contribution in [2.24, 2.45) is 11.7 Å². The molecule has 0 bridgehead atoms. The average Bonchev–Trinajstić information content (AvgIpc) is 3.24. The lowest BCUT2D eigenvalue weighted by Gasteiger charge is -2.25. The molecule has 1 saturated carbocycles. The zero-order chi connectivity index (χ0) is 18.7. The van der Waals surface area contributed by atoms with Gasteiger partial charge in [-0.05, 0) is 31.6 Å². The molecule has 0 atom stereocenters. The molecule has 9 nitrogen and oxygen atoms in total. The fourth-order valence-corrected chi connectivity index (χ4v) is 3.19. The topological polar surface area (TPSA) is 116 Å². The molecule has 2 aromatic heterocycles. The molecule has 1 amide bonds. The Labute approximate surface area is 152 Å². The largest absolute Gasteiger partial charge is 0.337 e. The van der Waals surface area contributed by atoms with Gasteiger partial charge in [-0.15, -0.1) is 5.10 Å². The van der Waals surface area contributed by atoms with Gasteiger partial charge >= 0.3 is 0 Å². The molecule has 0 aromatic carbocycles. The first-order valence-electron chi connectivity index (χ1n) is 9.16. The highest BCUT2D eigenvalue weighted by atomic mass is 16.5. The summed E-state index contributed by atoms with van der Waals surface area (Å²) in [6.45, 7) is 4.43. The maximum Gasteiger partial charge on any atom is 0.276 e. The van der Waals surface area contributed by atoms with Crippen LogP contribution in [-0.4, -0.2) is 49.0 Å². The van der Waals surface area contributed by atoms with Crippen LogP contribution in [-0.2, 0) is 13.0 Å². The first-order valence-corrected chi connectivity index (χ1v) is 9.16. The number of hydrogen-bond acceptors (Lipinski definition) is 7. The second-order valence-electron chi connectivity index (χ2n) is 7.52. The molecule has 1 aliphatic carbocycles. The van der Waals surface area contributed by atoms with E-state index in [9.17, 15) is 4.79 Å². The van der Waals surface area contributed by atoms with Crippen molar-refractivity contribution in [3.8, 4) is 0 Å². The van der Waals surface area contributed by atoms with E-state index in [0.29, 0.717) is 23.3 Å². The highest BCUT2D eigenvalue weighted by Gasteiger charge is 2.24. The minimum atomic E-state index is -0.215. The summed E-state index contributed by atoms with van der Waals surface area (Å²) < 4.78 is 7.02. The lowest BCUT2D eigenvalue weighted by atomic mass is 9.92. The molecule has 9 heteroatoms. The minimum absolute atomic E-state index is 0.215. The monoisotopic (exact) mass is 361 g/mol. The van der Waals surface area contributed by atoms with Crippen LogP contribution in [0.3, 0.4) is 0 Å². The molecule has 26 heavy (non-hydrogen) atoms. The van der Waals surface area contributed by atoms with Crippen molar-refractivity contribution in [3.63, 3.8) is 0 Å². The van der Waals surface area contributed by atoms with Crippen LogP contribution in [0.15, 0.2) is 10.7 Å². The number of nitrogens with two attached hydrogens (primary N) is 1. The van der Waals surface area contributed by atoms with E-state index in [2.05, 4.69) is 34.3 Å². The summed E-state index contributed by atoms with van der Waals surface area (Å²) in [5.41, 5.74) is 6.27. The van der Waals surface area contributed by atoms with Crippen molar-refractivity contribution in [1.29, 1.82) is 0 Å². The van der Waals surface area contributed by atoms with E-state index in [4.69, 9.17) is 10.3 Å². The Balaban J connectivity index is 1.59. The van der Waals surface area contributed by atoms with Gasteiger partial charge in [0.2, 0.25) is 5.89 Å². The molecule has 2 heterocycles. The zero-order valence-electron chi connectivity index (χ0n) is 15.6. The van der Waals surface area contributed by atoms with Crippen molar-refractivity contribution in [3.05, 3.63) is 23.6 Å². The van der Waals surface area contributed by atoms with E-state index >= 15 is 0 Å². The Hall–Kier alpha value is -2.29. The number of hydrogen-bond donors (Lipinski definition) is 1. The number of rotatable bonds is 6. The van der Waals surface area contributed by atoms with Gasteiger partial charge in [-0.1, -0.05) is 24.2 Å². The summed E-state index contributed by atoms with van der Waals surface area (Å²) in [4.78, 5) is 18.4. The van der Waals surface area contributed by atoms with Gasteiger partial charge in [0.05, 0.1) is 12.2 Å². The number of carbonyl (C=O) groups excluding carboxylic acids is 1. The third-order valence-electron chi connectivity index (χ3n) is 4.66. The van der Waals surface area contributed by atoms with Crippen molar-refractivity contribution in [2.45, 2.75) is 64.6 Å². The molecule has 0 unspecified atom stereocenters. The molecule has 0 saturated heterocycles. The number of amides is 1. The smallest absolute Gasteiger partial charge is 0.276 e. The van der Waals surface area contributed by atoms with Gasteiger partial charge in [-0.25, -0.2) is 4.68 Å². The number of aromatic nitrogens is 5. The van der Waals surface area contributed by atoms with E-state index in [1.165, 1.54) is 4.90 Å². The SMILES string of the molecule is CC(C)Cc1noc(CN(C)C(=O)c2cn(C3CCC(N)CC3)nn2)n1. The summed E-state index contributed by atoms with van der Waals surface area (Å²) in [5.74, 6) is 1.32. The summed E-state index contributed by atoms with van der Waals surface area (Å²) in [7, 11) is 1.69. The fourth-order valence-electron chi connectivity index (χ4n) is 3.19. The molecule has 1 fully saturated rings. The molecule has 3 rings (SSSR count). The molecular weight excluding hydrogens is 334 g/mol. The van der Waals surface area contributed by atoms with Gasteiger partial charge in [-0.3, -0.25) is 4.79 Å². The standard InChI is InChI=1S/C17H27N7O2/c1-11(2)8-15-19-16(26-21-15)10-23(3)17(25)14-9-24(22-20-14)13-6-4-12(18)5-7-13/h9,11-13H,4-8,10,18H2,1-3H3. The van der Waals surface area contributed by atoms with Crippen molar-refractivity contribution in [2.75, 3.05) is 7.05 Å². The third-order valence-corrected chi connectivity index (χ3v) is 4.66. The van der Waals surface area contributed by atoms with Crippen LogP contribution >= 0.6 is 0 Å². The molecule has 142 valence electrons. The Morgan fingerprint density at radius 3 is 2.81 bits per heavy atom. The van der Waals surface area contributed by atoms with Gasteiger partial charge in [0.1, 0.15) is 6.54 Å². The Morgan fingerprint density at radius 1 is 1.38 bits per heavy atom. The van der Waals surface area contributed by atoms with Crippen LogP contribution in [0.5, 0.6) is 0 Å². The minimum Gasteiger partial charge on any atom is -0.337 e. The number of nitrogens with zero attached hydrogens (tertiary/aromatic N) is 6. The molecule has 2 aromatic rings. The van der Waals surface area contributed by atoms with E-state index < -0.39 is 0 Å². The summed E-state index contributed by atoms with van der Waals surface area (Å²) in [5, 5.41) is 12.1. The van der Waals surface area contributed by atoms with Crippen LogP contribution in [0.2, 0.25) is 0 Å². The summed E-state index contributed by atoms with van der Waals surface area (Å²) in [6.07, 6.45) is 6.36. The zero-order valence-corrected chi connectivity index (χ0v) is 15.6. The molecular formula is C17H27N7O2. The highest BCUT2D eigenvalue weighted by Crippen LogP contribution is 2.26. The van der Waals surface area contributed by atoms with E-state index in [1.807, 2.05) is 0 Å². The second-order valence-corrected chi connectivity index (χ2v) is 7.52. The maximum atomic E-state index is 12.6. The van der Waals surface area contributed by atoms with Crippen LogP contribution in [0.4, 0.5) is 0 Å². The normalized spacial score (nSPS) is 20.5. The maximum absolute atomic E-state index is 12.6. The fraction of sp³-hybridized carbons (Fsp3) is 0.706. The van der Waals surface area contributed by atoms with Crippen LogP contribution in [0.25, 0.3) is 0 Å². The van der Waals surface area contributed by atoms with Crippen LogP contribution < -0.4 is 5.73 Å². The van der Waals surface area contributed by atoms with Gasteiger partial charge in [0.15, 0.2) is 11.5 Å². The third kappa shape index (κ3) is 4.46. The molecule has 0 radical (unpaired) electrons. The summed E-state index contributed by atoms with van der Waals surface area (Å²) in [6, 6.07) is 0.542. The molecule has 0 spiro atoms. The van der Waals surface area contributed by atoms with E-state index in [0.717, 1.165) is 32.1 Å². The molecule has 2 N–H and O–H groups in total. The number of carbonyl (C=O) groups is 1. The van der Waals surface area contributed by atoms with Gasteiger partial charge < -0.3 is 15.2 Å². The first-order chi connectivity index (χ1) is 12.4. The predicted octanol–water partition coefficient (Wildman–Crippen LogP) is 1.57. The lowest BCUT2D eigenvalue weighted by molar-refractivity contribution is 0.0763. The van der Waals surface area contributed by atoms with Crippen molar-refractivity contribution < 1.29 is 9.32 Å². The Kier molecular flexibility index (Phi) is 5.65. The van der Waals surface area contributed by atoms with E-state index in [1.54, 1.807) is 17.9 Å². The Morgan fingerprint density at radius 2 is 2.12 bits per heavy atom. The van der Waals surface area contributed by atoms with Gasteiger partial charge in [0.25, 0.3) is 5.91 Å². The molecule has 1 aliphatic rings. The predicted molar refractivity (Wildman–Crippen MR) is 94.1 cm³/mol.